The van der Waals surface area contributed by atoms with Crippen LogP contribution in [0.2, 0.25) is 0 Å². The predicted octanol–water partition coefficient (Wildman–Crippen LogP) is 5.37. The average Bonchev–Trinajstić information content (AvgIpc) is 3.17. The Morgan fingerprint density at radius 1 is 1.03 bits per heavy atom. The summed E-state index contributed by atoms with van der Waals surface area (Å²) in [5.41, 5.74) is 1.11. The summed E-state index contributed by atoms with van der Waals surface area (Å²) < 4.78 is 17.5. The fraction of sp³-hybridized carbons (Fsp3) is 0.250. The van der Waals surface area contributed by atoms with Crippen LogP contribution in [0.15, 0.2) is 76.1 Å². The number of fused-ring (bicyclic) bond motifs is 2. The summed E-state index contributed by atoms with van der Waals surface area (Å²) in [5, 5.41) is 0.424. The second-order valence-corrected chi connectivity index (χ2v) is 8.88. The number of aromatic nitrogens is 1. The molecule has 178 valence electrons. The molecule has 0 saturated carbocycles. The van der Waals surface area contributed by atoms with Gasteiger partial charge in [-0.25, -0.2) is 4.98 Å². The fourth-order valence-electron chi connectivity index (χ4n) is 4.35. The molecule has 35 heavy (non-hydrogen) atoms. The van der Waals surface area contributed by atoms with Crippen LogP contribution in [-0.2, 0) is 0 Å². The topological polar surface area (TPSA) is 81.9 Å². The Hall–Kier alpha value is -4.13. The Morgan fingerprint density at radius 3 is 2.57 bits per heavy atom. The Morgan fingerprint density at radius 2 is 1.83 bits per heavy atom. The standard InChI is InChI=1S/C28H26N2O5/c1-17(2)13-15-34-21-12-11-18(16-22(21)33-3)25-24-26(31)19-8-4-5-9-20(19)35-27(24)28(32)30(25)23-10-6-7-14-29-23/h4-12,14,16-17,25H,13,15H2,1-3H3/t25-/m1/s1. The molecule has 1 aliphatic heterocycles. The molecule has 0 N–H and O–H groups in total. The first-order valence-corrected chi connectivity index (χ1v) is 11.6. The van der Waals surface area contributed by atoms with E-state index in [9.17, 15) is 9.59 Å². The highest BCUT2D eigenvalue weighted by atomic mass is 16.5. The van der Waals surface area contributed by atoms with E-state index < -0.39 is 11.9 Å². The lowest BCUT2D eigenvalue weighted by Crippen LogP contribution is -2.30. The second kappa shape index (κ2) is 9.25. The molecule has 3 heterocycles. The maximum Gasteiger partial charge on any atom is 0.296 e. The fourth-order valence-corrected chi connectivity index (χ4v) is 4.35. The van der Waals surface area contributed by atoms with Crippen LogP contribution >= 0.6 is 0 Å². The van der Waals surface area contributed by atoms with E-state index in [1.807, 2.05) is 18.2 Å². The largest absolute Gasteiger partial charge is 0.493 e. The highest BCUT2D eigenvalue weighted by molar-refractivity contribution is 6.10. The van der Waals surface area contributed by atoms with Crippen molar-refractivity contribution in [1.82, 2.24) is 4.98 Å². The van der Waals surface area contributed by atoms with E-state index in [0.717, 1.165) is 6.42 Å². The van der Waals surface area contributed by atoms with Crippen molar-refractivity contribution in [2.45, 2.75) is 26.3 Å². The normalized spacial score (nSPS) is 15.0. The number of ether oxygens (including phenoxy) is 2. The van der Waals surface area contributed by atoms with Gasteiger partial charge in [0.1, 0.15) is 11.4 Å². The van der Waals surface area contributed by atoms with Crippen LogP contribution in [-0.4, -0.2) is 24.6 Å². The van der Waals surface area contributed by atoms with Gasteiger partial charge in [0, 0.05) is 6.20 Å². The number of benzene rings is 2. The molecular formula is C28H26N2O5. The van der Waals surface area contributed by atoms with E-state index in [0.29, 0.717) is 46.4 Å². The number of para-hydroxylation sites is 1. The third-order valence-electron chi connectivity index (χ3n) is 6.13. The van der Waals surface area contributed by atoms with Crippen molar-refractivity contribution < 1.29 is 18.7 Å². The van der Waals surface area contributed by atoms with Crippen LogP contribution in [0.3, 0.4) is 0 Å². The van der Waals surface area contributed by atoms with Gasteiger partial charge in [-0.05, 0) is 54.3 Å². The molecule has 0 saturated heterocycles. The summed E-state index contributed by atoms with van der Waals surface area (Å²) in [6, 6.07) is 17.0. The lowest BCUT2D eigenvalue weighted by atomic mass is 9.98. The molecular weight excluding hydrogens is 444 g/mol. The van der Waals surface area contributed by atoms with Crippen molar-refractivity contribution in [3.63, 3.8) is 0 Å². The van der Waals surface area contributed by atoms with Gasteiger partial charge in [0.25, 0.3) is 5.91 Å². The Bertz CT molecular complexity index is 1450. The van der Waals surface area contributed by atoms with Gasteiger partial charge in [-0.2, -0.15) is 0 Å². The minimum absolute atomic E-state index is 0.0283. The van der Waals surface area contributed by atoms with Gasteiger partial charge in [-0.3, -0.25) is 14.5 Å². The van der Waals surface area contributed by atoms with Crippen molar-refractivity contribution in [3.8, 4) is 11.5 Å². The van der Waals surface area contributed by atoms with E-state index in [-0.39, 0.29) is 16.8 Å². The number of carbonyl (C=O) groups excluding carboxylic acids is 1. The highest BCUT2D eigenvalue weighted by Crippen LogP contribution is 2.42. The van der Waals surface area contributed by atoms with Crippen LogP contribution < -0.4 is 19.8 Å². The van der Waals surface area contributed by atoms with E-state index in [1.165, 1.54) is 4.90 Å². The van der Waals surface area contributed by atoms with Crippen LogP contribution in [0.5, 0.6) is 11.5 Å². The first kappa shape index (κ1) is 22.7. The molecule has 2 aromatic carbocycles. The van der Waals surface area contributed by atoms with Gasteiger partial charge >= 0.3 is 0 Å². The van der Waals surface area contributed by atoms with E-state index >= 15 is 0 Å². The average molecular weight is 471 g/mol. The zero-order valence-corrected chi connectivity index (χ0v) is 19.9. The number of carbonyl (C=O) groups is 1. The Kier molecular flexibility index (Phi) is 5.99. The SMILES string of the molecule is COc1cc([C@@H]2c3c(oc4ccccc4c3=O)C(=O)N2c2ccccn2)ccc1OCCC(C)C. The van der Waals surface area contributed by atoms with E-state index in [4.69, 9.17) is 13.9 Å². The predicted molar refractivity (Wildman–Crippen MR) is 133 cm³/mol. The molecule has 1 amide bonds. The number of amides is 1. The third kappa shape index (κ3) is 4.03. The minimum atomic E-state index is -0.730. The first-order chi connectivity index (χ1) is 17.0. The Labute approximate surface area is 202 Å². The summed E-state index contributed by atoms with van der Waals surface area (Å²) in [4.78, 5) is 33.1. The minimum Gasteiger partial charge on any atom is -0.493 e. The van der Waals surface area contributed by atoms with Crippen LogP contribution in [0.25, 0.3) is 11.0 Å². The van der Waals surface area contributed by atoms with Gasteiger partial charge in [-0.15, -0.1) is 0 Å². The molecule has 5 rings (SSSR count). The molecule has 7 heteroatoms. The van der Waals surface area contributed by atoms with Gasteiger partial charge in [0.15, 0.2) is 16.9 Å². The quantitative estimate of drug-likeness (QED) is 0.361. The summed E-state index contributed by atoms with van der Waals surface area (Å²) in [7, 11) is 1.57. The lowest BCUT2D eigenvalue weighted by molar-refractivity contribution is 0.0970. The van der Waals surface area contributed by atoms with Crippen molar-refractivity contribution in [3.05, 3.63) is 94.0 Å². The van der Waals surface area contributed by atoms with Gasteiger partial charge in [-0.1, -0.05) is 38.1 Å². The van der Waals surface area contributed by atoms with Crippen molar-refractivity contribution in [2.75, 3.05) is 18.6 Å². The number of hydrogen-bond acceptors (Lipinski definition) is 6. The van der Waals surface area contributed by atoms with Gasteiger partial charge in [0.2, 0.25) is 5.76 Å². The number of nitrogens with zero attached hydrogens (tertiary/aromatic N) is 2. The number of anilines is 1. The molecule has 4 aromatic rings. The highest BCUT2D eigenvalue weighted by Gasteiger charge is 2.44. The summed E-state index contributed by atoms with van der Waals surface area (Å²) in [5.74, 6) is 1.69. The molecule has 0 bridgehead atoms. The molecule has 1 aliphatic rings. The van der Waals surface area contributed by atoms with Gasteiger partial charge in [0.05, 0.1) is 30.7 Å². The molecule has 0 unspecified atom stereocenters. The molecule has 0 aliphatic carbocycles. The van der Waals surface area contributed by atoms with Crippen molar-refractivity contribution >= 4 is 22.7 Å². The summed E-state index contributed by atoms with van der Waals surface area (Å²) in [6.45, 7) is 4.84. The summed E-state index contributed by atoms with van der Waals surface area (Å²) in [6.07, 6.45) is 2.53. The maximum atomic E-state index is 13.6. The summed E-state index contributed by atoms with van der Waals surface area (Å²) >= 11 is 0. The smallest absolute Gasteiger partial charge is 0.296 e. The zero-order valence-electron chi connectivity index (χ0n) is 19.9. The molecule has 2 aromatic heterocycles. The van der Waals surface area contributed by atoms with E-state index in [1.54, 1.807) is 55.8 Å². The lowest BCUT2D eigenvalue weighted by Gasteiger charge is -2.25. The molecule has 0 fully saturated rings. The van der Waals surface area contributed by atoms with Crippen molar-refractivity contribution in [1.29, 1.82) is 0 Å². The molecule has 1 atom stereocenters. The van der Waals surface area contributed by atoms with Crippen molar-refractivity contribution in [2.24, 2.45) is 5.92 Å². The third-order valence-corrected chi connectivity index (χ3v) is 6.13. The monoisotopic (exact) mass is 470 g/mol. The molecule has 7 nitrogen and oxygen atoms in total. The molecule has 0 spiro atoms. The van der Waals surface area contributed by atoms with Crippen LogP contribution in [0.1, 0.15) is 48.0 Å². The zero-order chi connectivity index (χ0) is 24.5. The Balaban J connectivity index is 1.67. The number of methoxy groups -OCH3 is 1. The van der Waals surface area contributed by atoms with Crippen LogP contribution in [0.4, 0.5) is 5.82 Å². The number of pyridine rings is 1. The number of hydrogen-bond donors (Lipinski definition) is 0. The second-order valence-electron chi connectivity index (χ2n) is 8.88. The molecule has 0 radical (unpaired) electrons. The maximum absolute atomic E-state index is 13.6. The van der Waals surface area contributed by atoms with E-state index in [2.05, 4.69) is 18.8 Å². The van der Waals surface area contributed by atoms with Crippen LogP contribution in [0, 0.1) is 5.92 Å². The van der Waals surface area contributed by atoms with Gasteiger partial charge < -0.3 is 13.9 Å². The first-order valence-electron chi connectivity index (χ1n) is 11.6. The number of rotatable bonds is 7.